The summed E-state index contributed by atoms with van der Waals surface area (Å²) < 4.78 is 2.10. The molecule has 1 aromatic carbocycles. The molecule has 2 heterocycles. The lowest BCUT2D eigenvalue weighted by atomic mass is 10.1. The zero-order valence-corrected chi connectivity index (χ0v) is 13.4. The summed E-state index contributed by atoms with van der Waals surface area (Å²) in [7, 11) is 4.07. The van der Waals surface area contributed by atoms with Gasteiger partial charge in [0.05, 0.1) is 16.4 Å². The topological polar surface area (TPSA) is 20.5 Å². The van der Waals surface area contributed by atoms with Crippen molar-refractivity contribution in [3.05, 3.63) is 58.3 Å². The zero-order chi connectivity index (χ0) is 15.0. The summed E-state index contributed by atoms with van der Waals surface area (Å²) in [5.74, 6) is 0. The van der Waals surface area contributed by atoms with Crippen LogP contribution in [0.5, 0.6) is 0 Å². The number of hydrogen-bond donors (Lipinski definition) is 0. The van der Waals surface area contributed by atoms with Crippen LogP contribution in [0.3, 0.4) is 0 Å². The lowest BCUT2D eigenvalue weighted by molar-refractivity contribution is 0.396. The molecule has 0 spiro atoms. The van der Waals surface area contributed by atoms with Crippen LogP contribution < -0.4 is 0 Å². The van der Waals surface area contributed by atoms with Crippen molar-refractivity contribution >= 4 is 28.8 Å². The van der Waals surface area contributed by atoms with Gasteiger partial charge < -0.3 is 9.30 Å². The van der Waals surface area contributed by atoms with Gasteiger partial charge >= 0.3 is 0 Å². The number of halogens is 2. The molecule has 0 N–H and O–H groups in total. The first-order chi connectivity index (χ1) is 10.1. The average molecular weight is 320 g/mol. The molecule has 0 aliphatic rings. The molecule has 108 valence electrons. The van der Waals surface area contributed by atoms with Gasteiger partial charge in [0, 0.05) is 23.3 Å². The predicted molar refractivity (Wildman–Crippen MR) is 88.0 cm³/mol. The highest BCUT2D eigenvalue weighted by Gasteiger charge is 2.16. The second kappa shape index (κ2) is 5.68. The first kappa shape index (κ1) is 14.4. The highest BCUT2D eigenvalue weighted by molar-refractivity contribution is 6.36. The molecule has 0 aliphatic carbocycles. The van der Waals surface area contributed by atoms with E-state index >= 15 is 0 Å². The van der Waals surface area contributed by atoms with Crippen LogP contribution in [-0.2, 0) is 6.54 Å². The molecule has 0 aliphatic heterocycles. The third kappa shape index (κ3) is 2.77. The predicted octanol–water partition coefficient (Wildman–Crippen LogP) is 4.37. The van der Waals surface area contributed by atoms with Crippen molar-refractivity contribution in [3.8, 4) is 11.3 Å². The van der Waals surface area contributed by atoms with E-state index in [2.05, 4.69) is 9.30 Å². The van der Waals surface area contributed by atoms with E-state index in [0.29, 0.717) is 10.0 Å². The average Bonchev–Trinajstić information content (AvgIpc) is 2.77. The van der Waals surface area contributed by atoms with E-state index in [0.717, 1.165) is 29.1 Å². The molecule has 2 aromatic heterocycles. The molecular formula is C16H15Cl2N3. The van der Waals surface area contributed by atoms with Gasteiger partial charge in [0.2, 0.25) is 0 Å². The maximum absolute atomic E-state index is 6.35. The minimum Gasteiger partial charge on any atom is -0.304 e. The van der Waals surface area contributed by atoms with Crippen molar-refractivity contribution < 1.29 is 0 Å². The van der Waals surface area contributed by atoms with Crippen LogP contribution in [0.15, 0.2) is 42.6 Å². The summed E-state index contributed by atoms with van der Waals surface area (Å²) in [5, 5.41) is 1.24. The van der Waals surface area contributed by atoms with Crippen LogP contribution in [-0.4, -0.2) is 28.4 Å². The van der Waals surface area contributed by atoms with Gasteiger partial charge in [-0.1, -0.05) is 29.3 Å². The molecule has 0 atom stereocenters. The van der Waals surface area contributed by atoms with Crippen LogP contribution in [0.25, 0.3) is 16.9 Å². The smallest absolute Gasteiger partial charge is 0.137 e. The summed E-state index contributed by atoms with van der Waals surface area (Å²) in [6.45, 7) is 0.777. The monoisotopic (exact) mass is 319 g/mol. The fourth-order valence-corrected chi connectivity index (χ4v) is 2.89. The van der Waals surface area contributed by atoms with Crippen LogP contribution in [0.1, 0.15) is 5.69 Å². The lowest BCUT2D eigenvalue weighted by Crippen LogP contribution is -2.13. The minimum absolute atomic E-state index is 0.617. The lowest BCUT2D eigenvalue weighted by Gasteiger charge is -2.12. The van der Waals surface area contributed by atoms with Gasteiger partial charge in [-0.25, -0.2) is 4.98 Å². The molecule has 0 fully saturated rings. The number of pyridine rings is 1. The molecule has 0 saturated carbocycles. The van der Waals surface area contributed by atoms with Gasteiger partial charge in [0.1, 0.15) is 5.65 Å². The van der Waals surface area contributed by atoms with Gasteiger partial charge in [-0.15, -0.1) is 0 Å². The van der Waals surface area contributed by atoms with Gasteiger partial charge in [0.25, 0.3) is 0 Å². The number of aromatic nitrogens is 2. The van der Waals surface area contributed by atoms with Crippen molar-refractivity contribution in [3.63, 3.8) is 0 Å². The first-order valence-electron chi connectivity index (χ1n) is 6.62. The number of nitrogens with zero attached hydrogens (tertiary/aromatic N) is 3. The standard InChI is InChI=1S/C16H15Cl2N3/c1-20(2)10-14-16(12-7-6-11(17)9-13(12)18)19-15-5-3-4-8-21(14)15/h3-9H,10H2,1-2H3. The largest absolute Gasteiger partial charge is 0.304 e. The second-order valence-electron chi connectivity index (χ2n) is 5.20. The van der Waals surface area contributed by atoms with Gasteiger partial charge in [-0.05, 0) is 44.4 Å². The quantitative estimate of drug-likeness (QED) is 0.714. The molecule has 0 unspecified atom stereocenters. The fraction of sp³-hybridized carbons (Fsp3) is 0.188. The Hall–Kier alpha value is -1.55. The third-order valence-electron chi connectivity index (χ3n) is 3.28. The normalized spacial score (nSPS) is 11.5. The van der Waals surface area contributed by atoms with Crippen molar-refractivity contribution in [2.45, 2.75) is 6.54 Å². The summed E-state index contributed by atoms with van der Waals surface area (Å²) in [6.07, 6.45) is 2.02. The van der Waals surface area contributed by atoms with E-state index in [9.17, 15) is 0 Å². The molecule has 3 rings (SSSR count). The summed E-state index contributed by atoms with van der Waals surface area (Å²) in [6, 6.07) is 11.5. The minimum atomic E-state index is 0.617. The molecule has 0 radical (unpaired) electrons. The first-order valence-corrected chi connectivity index (χ1v) is 7.38. The molecule has 0 amide bonds. The fourth-order valence-electron chi connectivity index (χ4n) is 2.39. The van der Waals surface area contributed by atoms with Crippen molar-refractivity contribution in [2.75, 3.05) is 14.1 Å². The molecule has 3 nitrogen and oxygen atoms in total. The Balaban J connectivity index is 2.25. The van der Waals surface area contributed by atoms with Crippen LogP contribution in [0.2, 0.25) is 10.0 Å². The van der Waals surface area contributed by atoms with Crippen LogP contribution >= 0.6 is 23.2 Å². The van der Waals surface area contributed by atoms with E-state index in [-0.39, 0.29) is 0 Å². The molecule has 21 heavy (non-hydrogen) atoms. The Kier molecular flexibility index (Phi) is 3.89. The highest BCUT2D eigenvalue weighted by atomic mass is 35.5. The van der Waals surface area contributed by atoms with Gasteiger partial charge in [-0.2, -0.15) is 0 Å². The number of rotatable bonds is 3. The van der Waals surface area contributed by atoms with Gasteiger partial charge in [0.15, 0.2) is 0 Å². The van der Waals surface area contributed by atoms with E-state index in [1.807, 2.05) is 50.6 Å². The number of hydrogen-bond acceptors (Lipinski definition) is 2. The molecule has 0 saturated heterocycles. The van der Waals surface area contributed by atoms with E-state index in [1.165, 1.54) is 0 Å². The van der Waals surface area contributed by atoms with E-state index in [4.69, 9.17) is 28.2 Å². The summed E-state index contributed by atoms with van der Waals surface area (Å²) in [5.41, 5.74) is 3.83. The highest BCUT2D eigenvalue weighted by Crippen LogP contribution is 2.32. The molecular weight excluding hydrogens is 305 g/mol. The van der Waals surface area contributed by atoms with Gasteiger partial charge in [-0.3, -0.25) is 0 Å². The maximum Gasteiger partial charge on any atom is 0.137 e. The summed E-state index contributed by atoms with van der Waals surface area (Å²) >= 11 is 12.3. The number of benzene rings is 1. The van der Waals surface area contributed by atoms with Crippen molar-refractivity contribution in [1.29, 1.82) is 0 Å². The Morgan fingerprint density at radius 2 is 1.95 bits per heavy atom. The third-order valence-corrected chi connectivity index (χ3v) is 3.83. The Morgan fingerprint density at radius 3 is 2.67 bits per heavy atom. The van der Waals surface area contributed by atoms with Crippen LogP contribution in [0.4, 0.5) is 0 Å². The Morgan fingerprint density at radius 1 is 1.14 bits per heavy atom. The van der Waals surface area contributed by atoms with E-state index in [1.54, 1.807) is 6.07 Å². The number of fused-ring (bicyclic) bond motifs is 1. The Bertz CT molecular complexity index is 793. The molecule has 3 aromatic rings. The van der Waals surface area contributed by atoms with Crippen molar-refractivity contribution in [2.24, 2.45) is 0 Å². The summed E-state index contributed by atoms with van der Waals surface area (Å²) in [4.78, 5) is 6.85. The zero-order valence-electron chi connectivity index (χ0n) is 11.8. The Labute approximate surface area is 133 Å². The van der Waals surface area contributed by atoms with Crippen molar-refractivity contribution in [1.82, 2.24) is 14.3 Å². The molecule has 0 bridgehead atoms. The number of imidazole rings is 1. The molecule has 5 heteroatoms. The maximum atomic E-state index is 6.35. The second-order valence-corrected chi connectivity index (χ2v) is 6.04. The SMILES string of the molecule is CN(C)Cc1c(-c2ccc(Cl)cc2Cl)nc2ccccn12. The van der Waals surface area contributed by atoms with E-state index < -0.39 is 0 Å². The van der Waals surface area contributed by atoms with Crippen LogP contribution in [0, 0.1) is 0 Å².